The predicted molar refractivity (Wildman–Crippen MR) is 28.5 cm³/mol. The summed E-state index contributed by atoms with van der Waals surface area (Å²) in [7, 11) is 0. The Labute approximate surface area is 41.2 Å². The molecule has 0 heterocycles. The third-order valence-corrected chi connectivity index (χ3v) is 0.921. The highest BCUT2D eigenvalue weighted by atomic mass is 35.5. The van der Waals surface area contributed by atoms with Crippen molar-refractivity contribution in [3.8, 4) is 0 Å². The number of hydrogen-bond donors (Lipinski definition) is 0. The van der Waals surface area contributed by atoms with Crippen molar-refractivity contribution in [2.45, 2.75) is 0 Å². The molecule has 0 rings (SSSR count). The van der Waals surface area contributed by atoms with Crippen LogP contribution in [0.4, 0.5) is 0 Å². The van der Waals surface area contributed by atoms with Crippen LogP contribution >= 0.6 is 23.4 Å². The van der Waals surface area contributed by atoms with Gasteiger partial charge in [0.1, 0.15) is 0 Å². The highest BCUT2D eigenvalue weighted by Gasteiger charge is 1.63. The van der Waals surface area contributed by atoms with Crippen molar-refractivity contribution in [1.29, 1.82) is 0 Å². The van der Waals surface area contributed by atoms with E-state index < -0.39 is 0 Å². The fourth-order valence-electron chi connectivity index (χ4n) is 0.0445. The topological polar surface area (TPSA) is 0 Å². The maximum atomic E-state index is 5.19. The second kappa shape index (κ2) is 4.38. The van der Waals surface area contributed by atoms with Gasteiger partial charge in [0.25, 0.3) is 0 Å². The smallest absolute Gasteiger partial charge is 0.0721 e. The van der Waals surface area contributed by atoms with Gasteiger partial charge in [-0.25, -0.2) is 0 Å². The maximum Gasteiger partial charge on any atom is 0.0721 e. The van der Waals surface area contributed by atoms with Gasteiger partial charge in [-0.3, -0.25) is 0 Å². The highest BCUT2D eigenvalue weighted by molar-refractivity contribution is 8.03. The number of hydrogen-bond acceptors (Lipinski definition) is 1. The fourth-order valence-corrected chi connectivity index (χ4v) is 0.401. The monoisotopic (exact) mass is 108 g/mol. The summed E-state index contributed by atoms with van der Waals surface area (Å²) in [5, 5.41) is 2.33. The quantitative estimate of drug-likeness (QED) is 0.488. The summed E-state index contributed by atoms with van der Waals surface area (Å²) in [6.45, 7) is 3.43. The van der Waals surface area contributed by atoms with Crippen molar-refractivity contribution in [3.05, 3.63) is 12.0 Å². The molecule has 0 aromatic carbocycles. The standard InChI is InChI=1S/C3H5ClS/c1-2-5-3-4/h2H,1,3H2. The molecule has 0 radical (unpaired) electrons. The first kappa shape index (κ1) is 5.38. The molecule has 30 valence electrons. The van der Waals surface area contributed by atoms with Crippen LogP contribution in [0, 0.1) is 0 Å². The lowest BCUT2D eigenvalue weighted by Gasteiger charge is -1.71. The second-order valence-corrected chi connectivity index (χ2v) is 1.98. The van der Waals surface area contributed by atoms with E-state index in [2.05, 4.69) is 6.58 Å². The van der Waals surface area contributed by atoms with E-state index in [4.69, 9.17) is 11.6 Å². The van der Waals surface area contributed by atoms with Crippen LogP contribution in [-0.2, 0) is 0 Å². The first-order valence-electron chi connectivity index (χ1n) is 1.20. The van der Waals surface area contributed by atoms with Gasteiger partial charge in [0.05, 0.1) is 5.21 Å². The van der Waals surface area contributed by atoms with Crippen LogP contribution in [0.25, 0.3) is 0 Å². The Morgan fingerprint density at radius 3 is 2.60 bits per heavy atom. The molecule has 0 unspecified atom stereocenters. The van der Waals surface area contributed by atoms with Gasteiger partial charge < -0.3 is 0 Å². The molecule has 0 saturated carbocycles. The van der Waals surface area contributed by atoms with Gasteiger partial charge in [-0.15, -0.1) is 23.4 Å². The SMILES string of the molecule is C=CSCCl. The normalized spacial score (nSPS) is 7.40. The molecule has 0 spiro atoms. The Balaban J connectivity index is 2.40. The fraction of sp³-hybridized carbons (Fsp3) is 0.333. The molecule has 0 amide bonds. The van der Waals surface area contributed by atoms with Crippen LogP contribution in [-0.4, -0.2) is 5.21 Å². The Hall–Kier alpha value is 0.380. The summed E-state index contributed by atoms with van der Waals surface area (Å²) in [5.41, 5.74) is 0. The van der Waals surface area contributed by atoms with Crippen molar-refractivity contribution < 1.29 is 0 Å². The van der Waals surface area contributed by atoms with Crippen LogP contribution in [0.1, 0.15) is 0 Å². The number of thioether (sulfide) groups is 1. The van der Waals surface area contributed by atoms with E-state index in [9.17, 15) is 0 Å². The molecular formula is C3H5ClS. The number of rotatable bonds is 2. The van der Waals surface area contributed by atoms with Crippen LogP contribution in [0.3, 0.4) is 0 Å². The Kier molecular flexibility index (Phi) is 4.71. The molecule has 0 bridgehead atoms. The van der Waals surface area contributed by atoms with Gasteiger partial charge in [0, 0.05) is 0 Å². The lowest BCUT2D eigenvalue weighted by Crippen LogP contribution is -1.44. The van der Waals surface area contributed by atoms with Gasteiger partial charge in [-0.05, 0) is 5.41 Å². The summed E-state index contributed by atoms with van der Waals surface area (Å²) in [6.07, 6.45) is 0. The largest absolute Gasteiger partial charge is 0.118 e. The van der Waals surface area contributed by atoms with E-state index in [1.807, 2.05) is 0 Å². The van der Waals surface area contributed by atoms with E-state index in [1.165, 1.54) is 11.8 Å². The summed E-state index contributed by atoms with van der Waals surface area (Å²) in [5.74, 6) is 0. The van der Waals surface area contributed by atoms with Gasteiger partial charge in [0.15, 0.2) is 0 Å². The Morgan fingerprint density at radius 1 is 2.00 bits per heavy atom. The molecule has 0 fully saturated rings. The number of alkyl halides is 1. The van der Waals surface area contributed by atoms with Crippen LogP contribution in [0.5, 0.6) is 0 Å². The zero-order valence-electron chi connectivity index (χ0n) is 2.78. The predicted octanol–water partition coefficient (Wildman–Crippen LogP) is 2.06. The third-order valence-electron chi connectivity index (χ3n) is 0.181. The summed E-state index contributed by atoms with van der Waals surface area (Å²) < 4.78 is 0. The van der Waals surface area contributed by atoms with Crippen molar-refractivity contribution in [1.82, 2.24) is 0 Å². The molecule has 0 nitrogen and oxygen atoms in total. The van der Waals surface area contributed by atoms with Crippen molar-refractivity contribution >= 4 is 23.4 Å². The van der Waals surface area contributed by atoms with Gasteiger partial charge >= 0.3 is 0 Å². The molecule has 0 aliphatic heterocycles. The molecular weight excluding hydrogens is 104 g/mol. The van der Waals surface area contributed by atoms with Gasteiger partial charge in [-0.1, -0.05) is 6.58 Å². The van der Waals surface area contributed by atoms with Crippen LogP contribution < -0.4 is 0 Å². The van der Waals surface area contributed by atoms with Gasteiger partial charge in [0.2, 0.25) is 0 Å². The Bertz CT molecular complexity index is 28.1. The van der Waals surface area contributed by atoms with Crippen LogP contribution in [0.2, 0.25) is 0 Å². The number of halogens is 1. The molecule has 0 aromatic heterocycles. The lowest BCUT2D eigenvalue weighted by atomic mass is 11.3. The van der Waals surface area contributed by atoms with Gasteiger partial charge in [-0.2, -0.15) is 0 Å². The molecule has 0 aliphatic rings. The Morgan fingerprint density at radius 2 is 2.60 bits per heavy atom. The average Bonchev–Trinajstić information content (AvgIpc) is 1.41. The third kappa shape index (κ3) is 4.38. The average molecular weight is 109 g/mol. The first-order chi connectivity index (χ1) is 2.41. The van der Waals surface area contributed by atoms with E-state index in [0.29, 0.717) is 5.21 Å². The summed E-state index contributed by atoms with van der Waals surface area (Å²) in [6, 6.07) is 0. The molecule has 0 atom stereocenters. The maximum absolute atomic E-state index is 5.19. The van der Waals surface area contributed by atoms with Crippen LogP contribution in [0.15, 0.2) is 12.0 Å². The summed E-state index contributed by atoms with van der Waals surface area (Å²) >= 11 is 6.69. The molecule has 0 saturated heterocycles. The lowest BCUT2D eigenvalue weighted by molar-refractivity contribution is 2.24. The van der Waals surface area contributed by atoms with E-state index >= 15 is 0 Å². The first-order valence-corrected chi connectivity index (χ1v) is 2.78. The van der Waals surface area contributed by atoms with E-state index in [1.54, 1.807) is 5.41 Å². The zero-order chi connectivity index (χ0) is 4.12. The summed E-state index contributed by atoms with van der Waals surface area (Å²) in [4.78, 5) is 0. The van der Waals surface area contributed by atoms with E-state index in [-0.39, 0.29) is 0 Å². The van der Waals surface area contributed by atoms with Crippen molar-refractivity contribution in [3.63, 3.8) is 0 Å². The minimum Gasteiger partial charge on any atom is -0.118 e. The minimum absolute atomic E-state index is 0.615. The van der Waals surface area contributed by atoms with Crippen molar-refractivity contribution in [2.75, 3.05) is 5.21 Å². The van der Waals surface area contributed by atoms with E-state index in [0.717, 1.165) is 0 Å². The van der Waals surface area contributed by atoms with Crippen molar-refractivity contribution in [2.24, 2.45) is 0 Å². The molecule has 0 aromatic rings. The highest BCUT2D eigenvalue weighted by Crippen LogP contribution is 1.99. The molecule has 2 heteroatoms. The minimum atomic E-state index is 0.615. The molecule has 5 heavy (non-hydrogen) atoms. The second-order valence-electron chi connectivity index (χ2n) is 0.442. The zero-order valence-corrected chi connectivity index (χ0v) is 4.35. The molecule has 0 aliphatic carbocycles. The molecule has 0 N–H and O–H groups in total.